The summed E-state index contributed by atoms with van der Waals surface area (Å²) in [5, 5.41) is 17.8. The van der Waals surface area contributed by atoms with Crippen LogP contribution in [-0.4, -0.2) is 74.7 Å². The summed E-state index contributed by atoms with van der Waals surface area (Å²) in [5.74, 6) is -2.01. The third kappa shape index (κ3) is 6.31. The monoisotopic (exact) mass is 543 g/mol. The average Bonchev–Trinajstić information content (AvgIpc) is 3.57. The summed E-state index contributed by atoms with van der Waals surface area (Å²) in [6.45, 7) is -0.110. The zero-order valence-electron chi connectivity index (χ0n) is 19.2. The van der Waals surface area contributed by atoms with Crippen LogP contribution in [0.4, 0.5) is 22.0 Å². The van der Waals surface area contributed by atoms with Crippen LogP contribution < -0.4 is 5.32 Å². The Morgan fingerprint density at radius 3 is 2.51 bits per heavy atom. The van der Waals surface area contributed by atoms with E-state index < -0.39 is 48.4 Å². The summed E-state index contributed by atoms with van der Waals surface area (Å²) in [4.78, 5) is 30.0. The fourth-order valence-electron chi connectivity index (χ4n) is 4.12. The molecule has 3 atom stereocenters. The maximum absolute atomic E-state index is 13.7. The van der Waals surface area contributed by atoms with Gasteiger partial charge in [0.05, 0.1) is 17.7 Å². The lowest BCUT2D eigenvalue weighted by Gasteiger charge is -2.20. The normalized spacial score (nSPS) is 19.2. The van der Waals surface area contributed by atoms with Crippen molar-refractivity contribution in [1.29, 1.82) is 0 Å². The Labute approximate surface area is 211 Å². The van der Waals surface area contributed by atoms with Gasteiger partial charge in [-0.15, -0.1) is 11.3 Å². The van der Waals surface area contributed by atoms with Crippen LogP contribution in [0.15, 0.2) is 41.9 Å². The van der Waals surface area contributed by atoms with Crippen molar-refractivity contribution in [2.45, 2.75) is 37.4 Å². The molecule has 1 saturated heterocycles. The van der Waals surface area contributed by atoms with Crippen molar-refractivity contribution in [2.75, 3.05) is 19.6 Å². The molecule has 0 aliphatic carbocycles. The van der Waals surface area contributed by atoms with Gasteiger partial charge < -0.3 is 10.4 Å². The highest BCUT2D eigenvalue weighted by Crippen LogP contribution is 2.38. The van der Waals surface area contributed by atoms with Crippen LogP contribution in [-0.2, 0) is 11.0 Å². The maximum atomic E-state index is 13.7. The first-order valence-corrected chi connectivity index (χ1v) is 12.1. The number of hydrogen-bond acceptors (Lipinski definition) is 6. The smallest absolute Gasteiger partial charge is 0.417 e. The van der Waals surface area contributed by atoms with Crippen molar-refractivity contribution in [1.82, 2.24) is 25.0 Å². The number of carboxylic acid groups (broad SMARTS) is 1. The Balaban J connectivity index is 1.60. The van der Waals surface area contributed by atoms with E-state index in [-0.39, 0.29) is 48.1 Å². The molecule has 198 valence electrons. The van der Waals surface area contributed by atoms with Gasteiger partial charge in [0.15, 0.2) is 5.69 Å². The minimum absolute atomic E-state index is 0.0251. The molecule has 37 heavy (non-hydrogen) atoms. The number of hydrogen-bond donors (Lipinski definition) is 2. The molecule has 0 saturated carbocycles. The van der Waals surface area contributed by atoms with Gasteiger partial charge >= 0.3 is 12.1 Å². The Morgan fingerprint density at radius 1 is 1.19 bits per heavy atom. The Bertz CT molecular complexity index is 1240. The van der Waals surface area contributed by atoms with Crippen molar-refractivity contribution in [3.05, 3.63) is 53.2 Å². The van der Waals surface area contributed by atoms with Gasteiger partial charge in [-0.2, -0.15) is 18.3 Å². The number of aliphatic carboxylic acids is 1. The first-order chi connectivity index (χ1) is 17.5. The maximum Gasteiger partial charge on any atom is 0.417 e. The van der Waals surface area contributed by atoms with Crippen LogP contribution >= 0.6 is 11.3 Å². The molecule has 2 aromatic heterocycles. The molecule has 1 aliphatic rings. The van der Waals surface area contributed by atoms with Crippen LogP contribution in [0.1, 0.15) is 28.9 Å². The second-order valence-corrected chi connectivity index (χ2v) is 9.41. The lowest BCUT2D eigenvalue weighted by Crippen LogP contribution is -2.39. The molecule has 1 aliphatic heterocycles. The fraction of sp³-hybridized carbons (Fsp3) is 0.391. The van der Waals surface area contributed by atoms with Crippen LogP contribution in [0.5, 0.6) is 0 Å². The second-order valence-electron chi connectivity index (χ2n) is 8.53. The second kappa shape index (κ2) is 10.9. The van der Waals surface area contributed by atoms with E-state index in [2.05, 4.69) is 15.4 Å². The van der Waals surface area contributed by atoms with Crippen LogP contribution in [0.25, 0.3) is 16.4 Å². The fourth-order valence-corrected chi connectivity index (χ4v) is 4.72. The van der Waals surface area contributed by atoms with Crippen LogP contribution in [0, 0.1) is 0 Å². The van der Waals surface area contributed by atoms with Crippen LogP contribution in [0.3, 0.4) is 0 Å². The Morgan fingerprint density at radius 2 is 1.89 bits per heavy atom. The number of thiazole rings is 1. The molecule has 0 radical (unpaired) electrons. The SMILES string of the molecule is O=C(O)C[C@H](CCN1C[C@@H](F)[C@H](F)C1)NC(=O)c1cc(-c2ccccc2C(F)(F)F)n(-c2nccs2)n1. The lowest BCUT2D eigenvalue weighted by molar-refractivity contribution is -0.138. The van der Waals surface area contributed by atoms with Gasteiger partial charge in [-0.3, -0.25) is 14.5 Å². The largest absolute Gasteiger partial charge is 0.481 e. The average molecular weight is 544 g/mol. The molecule has 8 nitrogen and oxygen atoms in total. The highest BCUT2D eigenvalue weighted by Gasteiger charge is 2.35. The van der Waals surface area contributed by atoms with Crippen LogP contribution in [0.2, 0.25) is 0 Å². The highest BCUT2D eigenvalue weighted by molar-refractivity contribution is 7.12. The number of halogens is 5. The van der Waals surface area contributed by atoms with Crippen molar-refractivity contribution in [2.24, 2.45) is 0 Å². The predicted molar refractivity (Wildman–Crippen MR) is 124 cm³/mol. The van der Waals surface area contributed by atoms with Gasteiger partial charge in [-0.25, -0.2) is 18.4 Å². The number of carboxylic acids is 1. The molecule has 3 aromatic rings. The minimum atomic E-state index is -4.67. The molecule has 2 N–H and O–H groups in total. The molecular weight excluding hydrogens is 521 g/mol. The molecule has 0 spiro atoms. The minimum Gasteiger partial charge on any atom is -0.481 e. The van der Waals surface area contributed by atoms with Gasteiger partial charge in [-0.1, -0.05) is 18.2 Å². The van der Waals surface area contributed by atoms with Gasteiger partial charge in [0.1, 0.15) is 12.3 Å². The first kappa shape index (κ1) is 26.7. The first-order valence-electron chi connectivity index (χ1n) is 11.2. The lowest BCUT2D eigenvalue weighted by atomic mass is 10.0. The summed E-state index contributed by atoms with van der Waals surface area (Å²) in [7, 11) is 0. The molecule has 1 fully saturated rings. The summed E-state index contributed by atoms with van der Waals surface area (Å²) < 4.78 is 69.2. The van der Waals surface area contributed by atoms with E-state index in [9.17, 15) is 36.6 Å². The molecule has 0 bridgehead atoms. The van der Waals surface area contributed by atoms with Crippen molar-refractivity contribution in [3.8, 4) is 16.4 Å². The topological polar surface area (TPSA) is 100 Å². The van der Waals surface area contributed by atoms with Gasteiger partial charge in [0, 0.05) is 42.8 Å². The third-order valence-corrected chi connectivity index (χ3v) is 6.61. The molecule has 0 unspecified atom stereocenters. The number of rotatable bonds is 9. The predicted octanol–water partition coefficient (Wildman–Crippen LogP) is 3.97. The zero-order chi connectivity index (χ0) is 26.7. The Kier molecular flexibility index (Phi) is 7.87. The van der Waals surface area contributed by atoms with E-state index in [0.717, 1.165) is 22.1 Å². The molecule has 3 heterocycles. The standard InChI is InChI=1S/C23H22F5N5O3S/c24-16-11-32(12-17(16)25)7-5-13(9-20(34)35)30-21(36)18-10-19(33(31-18)22-29-6-8-37-22)14-3-1-2-4-15(14)23(26,27)28/h1-4,6,8,10,13,16-17H,5,7,9,11-12H2,(H,30,36)(H,34,35)/t13-,16+,17+/m0/s1. The van der Waals surface area contributed by atoms with E-state index in [1.54, 1.807) is 5.38 Å². The van der Waals surface area contributed by atoms with E-state index in [1.807, 2.05) is 0 Å². The number of benzene rings is 1. The number of nitrogens with zero attached hydrogens (tertiary/aromatic N) is 4. The molecule has 14 heteroatoms. The number of amides is 1. The van der Waals surface area contributed by atoms with E-state index in [4.69, 9.17) is 0 Å². The van der Waals surface area contributed by atoms with Gasteiger partial charge in [-0.05, 0) is 18.6 Å². The number of carbonyl (C=O) groups excluding carboxylic acids is 1. The zero-order valence-corrected chi connectivity index (χ0v) is 20.0. The number of carbonyl (C=O) groups is 2. The number of nitrogens with one attached hydrogen (secondary N) is 1. The van der Waals surface area contributed by atoms with Gasteiger partial charge in [0.2, 0.25) is 5.13 Å². The third-order valence-electron chi connectivity index (χ3n) is 5.86. The van der Waals surface area contributed by atoms with Crippen molar-refractivity contribution in [3.63, 3.8) is 0 Å². The van der Waals surface area contributed by atoms with E-state index in [0.29, 0.717) is 0 Å². The molecular formula is C23H22F5N5O3S. The number of aromatic nitrogens is 3. The number of alkyl halides is 5. The van der Waals surface area contributed by atoms with Gasteiger partial charge in [0.25, 0.3) is 5.91 Å². The molecule has 4 rings (SSSR count). The summed E-state index contributed by atoms with van der Waals surface area (Å²) in [6.07, 6.45) is -6.86. The summed E-state index contributed by atoms with van der Waals surface area (Å²) in [5.41, 5.74) is -1.41. The number of likely N-dealkylation sites (tertiary alicyclic amines) is 1. The van der Waals surface area contributed by atoms with Crippen molar-refractivity contribution < 1.29 is 36.6 Å². The summed E-state index contributed by atoms with van der Waals surface area (Å²) in [6, 6.07) is 5.12. The highest BCUT2D eigenvalue weighted by atomic mass is 32.1. The van der Waals surface area contributed by atoms with E-state index in [1.165, 1.54) is 35.4 Å². The molecule has 1 amide bonds. The Hall–Kier alpha value is -3.39. The van der Waals surface area contributed by atoms with E-state index >= 15 is 0 Å². The van der Waals surface area contributed by atoms with Crippen molar-refractivity contribution >= 4 is 23.2 Å². The molecule has 1 aromatic carbocycles. The summed E-state index contributed by atoms with van der Waals surface area (Å²) >= 11 is 1.10. The quantitative estimate of drug-likeness (QED) is 0.397.